The summed E-state index contributed by atoms with van der Waals surface area (Å²) >= 11 is 0. The Morgan fingerprint density at radius 1 is 0.976 bits per heavy atom. The van der Waals surface area contributed by atoms with E-state index in [1.54, 1.807) is 13.0 Å². The zero-order chi connectivity index (χ0) is 29.5. The minimum atomic E-state index is -4.98. The lowest BCUT2D eigenvalue weighted by atomic mass is 9.75. The molecule has 0 bridgehead atoms. The van der Waals surface area contributed by atoms with Crippen LogP contribution in [0.15, 0.2) is 53.6 Å². The summed E-state index contributed by atoms with van der Waals surface area (Å²) in [5.41, 5.74) is -0.852. The van der Waals surface area contributed by atoms with Gasteiger partial charge in [-0.25, -0.2) is 9.37 Å². The Bertz CT molecular complexity index is 1640. The second-order valence-electron chi connectivity index (χ2n) is 9.95. The first kappa shape index (κ1) is 28.5. The summed E-state index contributed by atoms with van der Waals surface area (Å²) in [5, 5.41) is 0. The molecule has 0 spiro atoms. The maximum Gasteiger partial charge on any atom is 0.573 e. The highest BCUT2D eigenvalue weighted by molar-refractivity contribution is 5.71. The van der Waals surface area contributed by atoms with Crippen LogP contribution in [-0.4, -0.2) is 25.9 Å². The molecule has 0 amide bonds. The monoisotopic (exact) mass is 580 g/mol. The zero-order valence-electron chi connectivity index (χ0n) is 21.6. The van der Waals surface area contributed by atoms with Crippen LogP contribution in [0.25, 0.3) is 11.2 Å². The molecular weight excluding hydrogens is 557 g/mol. The molecule has 3 heterocycles. The summed E-state index contributed by atoms with van der Waals surface area (Å²) in [5.74, 6) is -2.58. The first-order chi connectivity index (χ1) is 19.3. The average Bonchev–Trinajstić information content (AvgIpc) is 2.90. The molecule has 1 aromatic carbocycles. The van der Waals surface area contributed by atoms with Gasteiger partial charge >= 0.3 is 12.5 Å². The molecule has 1 fully saturated rings. The quantitative estimate of drug-likeness (QED) is 0.237. The Morgan fingerprint density at radius 2 is 1.68 bits per heavy atom. The van der Waals surface area contributed by atoms with Crippen LogP contribution < -0.4 is 10.3 Å². The highest BCUT2D eigenvalue weighted by atomic mass is 19.4. The van der Waals surface area contributed by atoms with E-state index in [1.807, 2.05) is 0 Å². The van der Waals surface area contributed by atoms with E-state index < -0.39 is 53.6 Å². The number of pyridine rings is 2. The highest BCUT2D eigenvalue weighted by Crippen LogP contribution is 2.45. The summed E-state index contributed by atoms with van der Waals surface area (Å²) in [6.07, 6.45) is -5.95. The van der Waals surface area contributed by atoms with Crippen LogP contribution in [0.1, 0.15) is 65.6 Å². The average molecular weight is 581 g/mol. The van der Waals surface area contributed by atoms with E-state index in [0.29, 0.717) is 29.6 Å². The van der Waals surface area contributed by atoms with Gasteiger partial charge < -0.3 is 4.74 Å². The van der Waals surface area contributed by atoms with Gasteiger partial charge in [0, 0.05) is 23.5 Å². The van der Waals surface area contributed by atoms with Gasteiger partial charge in [0.2, 0.25) is 0 Å². The van der Waals surface area contributed by atoms with Crippen molar-refractivity contribution in [2.24, 2.45) is 0 Å². The van der Waals surface area contributed by atoms with Gasteiger partial charge in [-0.15, -0.1) is 13.2 Å². The van der Waals surface area contributed by atoms with Crippen molar-refractivity contribution in [2.45, 2.75) is 63.5 Å². The minimum Gasteiger partial charge on any atom is -0.404 e. The number of nitrogens with zero attached hydrogens (tertiary/aromatic N) is 4. The zero-order valence-corrected chi connectivity index (χ0v) is 21.6. The molecule has 0 saturated heterocycles. The van der Waals surface area contributed by atoms with Gasteiger partial charge in [0.25, 0.3) is 5.56 Å². The van der Waals surface area contributed by atoms with Crippen molar-refractivity contribution in [1.29, 1.82) is 0 Å². The molecule has 13 heteroatoms. The summed E-state index contributed by atoms with van der Waals surface area (Å²) in [4.78, 5) is 26.5. The van der Waals surface area contributed by atoms with Crippen molar-refractivity contribution in [3.63, 3.8) is 0 Å². The van der Waals surface area contributed by atoms with E-state index in [9.17, 15) is 35.5 Å². The van der Waals surface area contributed by atoms with Crippen LogP contribution in [0.3, 0.4) is 0 Å². The lowest BCUT2D eigenvalue weighted by molar-refractivity contribution is -0.275. The van der Waals surface area contributed by atoms with E-state index in [-0.39, 0.29) is 29.7 Å². The fourth-order valence-corrected chi connectivity index (χ4v) is 5.48. The number of hydrogen-bond donors (Lipinski definition) is 0. The number of rotatable bonds is 5. The van der Waals surface area contributed by atoms with Gasteiger partial charge in [-0.3, -0.25) is 19.3 Å². The minimum absolute atomic E-state index is 0.136. The second-order valence-corrected chi connectivity index (χ2v) is 9.95. The second kappa shape index (κ2) is 10.7. The van der Waals surface area contributed by atoms with Crippen LogP contribution in [-0.2, 0) is 12.7 Å². The predicted octanol–water partition coefficient (Wildman–Crippen LogP) is 7.04. The Hall–Kier alpha value is -4.03. The number of halogens is 7. The molecule has 5 rings (SSSR count). The molecule has 0 N–H and O–H groups in total. The van der Waals surface area contributed by atoms with E-state index >= 15 is 0 Å². The summed E-state index contributed by atoms with van der Waals surface area (Å²) in [7, 11) is 0. The van der Waals surface area contributed by atoms with E-state index in [4.69, 9.17) is 0 Å². The van der Waals surface area contributed by atoms with E-state index in [1.165, 1.54) is 23.0 Å². The standard InChI is InChI=1S/C28H23F7N4O2/c1-15-13-37-21-12-18(16-7-9-17(10-8-16)24-19(27(30,31)32)4-2-5-20(24)29)26(40)39(25(21)38-15)14-22-23(6-3-11-36-22)41-28(33,34)35/h2-6,11-13,16-17H,7-10,14H2,1H3. The molecule has 1 saturated carbocycles. The van der Waals surface area contributed by atoms with Crippen molar-refractivity contribution in [2.75, 3.05) is 0 Å². The lowest BCUT2D eigenvalue weighted by Gasteiger charge is -2.30. The molecule has 0 aliphatic heterocycles. The van der Waals surface area contributed by atoms with E-state index in [2.05, 4.69) is 19.7 Å². The first-order valence-electron chi connectivity index (χ1n) is 12.7. The molecule has 1 aliphatic carbocycles. The number of alkyl halides is 6. The van der Waals surface area contributed by atoms with Gasteiger partial charge in [-0.05, 0) is 74.8 Å². The molecule has 4 aromatic rings. The van der Waals surface area contributed by atoms with Crippen molar-refractivity contribution in [3.8, 4) is 5.75 Å². The van der Waals surface area contributed by atoms with Crippen molar-refractivity contribution >= 4 is 11.2 Å². The van der Waals surface area contributed by atoms with Gasteiger partial charge in [0.15, 0.2) is 11.4 Å². The van der Waals surface area contributed by atoms with Gasteiger partial charge in [-0.1, -0.05) is 6.07 Å². The number of aryl methyl sites for hydroxylation is 1. The van der Waals surface area contributed by atoms with Crippen molar-refractivity contribution in [1.82, 2.24) is 19.5 Å². The van der Waals surface area contributed by atoms with Gasteiger partial charge in [0.05, 0.1) is 17.8 Å². The molecule has 1 aliphatic rings. The predicted molar refractivity (Wildman–Crippen MR) is 134 cm³/mol. The molecular formula is C28H23F7N4O2. The molecule has 216 valence electrons. The molecule has 41 heavy (non-hydrogen) atoms. The Labute approximate surface area is 228 Å². The maximum absolute atomic E-state index is 14.6. The molecule has 0 radical (unpaired) electrons. The largest absolute Gasteiger partial charge is 0.573 e. The first-order valence-corrected chi connectivity index (χ1v) is 12.7. The fraction of sp³-hybridized carbons (Fsp3) is 0.357. The fourth-order valence-electron chi connectivity index (χ4n) is 5.48. The number of benzene rings is 1. The van der Waals surface area contributed by atoms with Crippen LogP contribution in [0, 0.1) is 12.7 Å². The van der Waals surface area contributed by atoms with Crippen LogP contribution in [0.2, 0.25) is 0 Å². The third-order valence-electron chi connectivity index (χ3n) is 7.26. The molecule has 6 nitrogen and oxygen atoms in total. The van der Waals surface area contributed by atoms with Crippen molar-refractivity contribution in [3.05, 3.63) is 93.0 Å². The third-order valence-corrected chi connectivity index (χ3v) is 7.26. The normalized spacial score (nSPS) is 18.0. The maximum atomic E-state index is 14.6. The summed E-state index contributed by atoms with van der Waals surface area (Å²) in [6, 6.07) is 6.81. The lowest BCUT2D eigenvalue weighted by Crippen LogP contribution is -2.29. The topological polar surface area (TPSA) is 69.9 Å². The Kier molecular flexibility index (Phi) is 7.47. The van der Waals surface area contributed by atoms with Crippen LogP contribution in [0.5, 0.6) is 5.75 Å². The van der Waals surface area contributed by atoms with Crippen molar-refractivity contribution < 1.29 is 35.5 Å². The smallest absolute Gasteiger partial charge is 0.404 e. The van der Waals surface area contributed by atoms with Gasteiger partial charge in [-0.2, -0.15) is 13.2 Å². The molecule has 0 atom stereocenters. The summed E-state index contributed by atoms with van der Waals surface area (Å²) in [6.45, 7) is 1.25. The van der Waals surface area contributed by atoms with Crippen LogP contribution in [0.4, 0.5) is 30.7 Å². The molecule has 0 unspecified atom stereocenters. The Morgan fingerprint density at radius 3 is 2.37 bits per heavy atom. The summed E-state index contributed by atoms with van der Waals surface area (Å²) < 4.78 is 99.7. The van der Waals surface area contributed by atoms with E-state index in [0.717, 1.165) is 24.3 Å². The molecule has 3 aromatic heterocycles. The SMILES string of the molecule is Cc1cnc2cc(C3CCC(c4c(F)cccc4C(F)(F)F)CC3)c(=O)n(Cc3ncccc3OC(F)(F)F)c2n1. The number of hydrogen-bond acceptors (Lipinski definition) is 5. The Balaban J connectivity index is 1.50. The number of ether oxygens (including phenoxy) is 1. The number of aromatic nitrogens is 4. The third kappa shape index (κ3) is 6.03. The van der Waals surface area contributed by atoms with Crippen LogP contribution >= 0.6 is 0 Å². The van der Waals surface area contributed by atoms with Gasteiger partial charge in [0.1, 0.15) is 17.0 Å². The number of fused-ring (bicyclic) bond motifs is 1. The highest BCUT2D eigenvalue weighted by Gasteiger charge is 2.38.